The van der Waals surface area contributed by atoms with Crippen LogP contribution in [0.2, 0.25) is 0 Å². The van der Waals surface area contributed by atoms with Crippen molar-refractivity contribution in [2.45, 2.75) is 26.7 Å². The average Bonchev–Trinajstić information content (AvgIpc) is 2.45. The Morgan fingerprint density at radius 2 is 1.95 bits per heavy atom. The highest BCUT2D eigenvalue weighted by Crippen LogP contribution is 2.19. The van der Waals surface area contributed by atoms with Gasteiger partial charge < -0.3 is 15.8 Å². The lowest BCUT2D eigenvalue weighted by molar-refractivity contribution is -0.131. The summed E-state index contributed by atoms with van der Waals surface area (Å²) in [6, 6.07) is 9.15. The lowest BCUT2D eigenvalue weighted by Crippen LogP contribution is -2.42. The molecule has 0 aliphatic rings. The van der Waals surface area contributed by atoms with E-state index >= 15 is 0 Å². The van der Waals surface area contributed by atoms with E-state index in [1.165, 1.54) is 0 Å². The summed E-state index contributed by atoms with van der Waals surface area (Å²) in [6.45, 7) is 7.28. The van der Waals surface area contributed by atoms with Crippen LogP contribution in [0.4, 0.5) is 0 Å². The Morgan fingerprint density at radius 1 is 1.35 bits per heavy atom. The third kappa shape index (κ3) is 3.98. The number of rotatable bonds is 6. The predicted octanol–water partition coefficient (Wildman–Crippen LogP) is 2.02. The number of benzene rings is 1. The number of carbonyl (C=O) groups is 1. The fraction of sp³-hybridized carbons (Fsp3) is 0.467. The molecule has 1 aromatic rings. The van der Waals surface area contributed by atoms with E-state index in [4.69, 9.17) is 10.9 Å². The Morgan fingerprint density at radius 3 is 2.40 bits per heavy atom. The van der Waals surface area contributed by atoms with Gasteiger partial charge in [0.1, 0.15) is 5.92 Å². The van der Waals surface area contributed by atoms with E-state index in [1.807, 2.05) is 37.3 Å². The van der Waals surface area contributed by atoms with Crippen LogP contribution < -0.4 is 5.73 Å². The minimum atomic E-state index is -0.736. The minimum Gasteiger partial charge on any atom is -0.409 e. The molecule has 0 aliphatic carbocycles. The molecule has 0 radical (unpaired) electrons. The molecular weight excluding hydrogens is 254 g/mol. The molecule has 0 aliphatic heterocycles. The number of nitrogens with two attached hydrogens (primary N) is 1. The summed E-state index contributed by atoms with van der Waals surface area (Å²) >= 11 is 0. The quantitative estimate of drug-likeness (QED) is 0.361. The standard InChI is InChI=1S/C15H23N3O2/c1-4-18(10-11(2)3)15(19)13(14(16)17-20)12-8-6-5-7-9-12/h5-9,11,13,20H,4,10H2,1-3H3,(H2,16,17). The van der Waals surface area contributed by atoms with E-state index in [0.29, 0.717) is 19.0 Å². The predicted molar refractivity (Wildman–Crippen MR) is 79.7 cm³/mol. The van der Waals surface area contributed by atoms with Crippen LogP contribution in [0.5, 0.6) is 0 Å². The zero-order chi connectivity index (χ0) is 15.1. The lowest BCUT2D eigenvalue weighted by Gasteiger charge is -2.27. The first-order chi connectivity index (χ1) is 9.51. The van der Waals surface area contributed by atoms with Crippen molar-refractivity contribution in [3.05, 3.63) is 35.9 Å². The number of carbonyl (C=O) groups excluding carboxylic acids is 1. The maximum Gasteiger partial charge on any atom is 0.237 e. The zero-order valence-electron chi connectivity index (χ0n) is 12.3. The Balaban J connectivity index is 3.08. The van der Waals surface area contributed by atoms with Gasteiger partial charge >= 0.3 is 0 Å². The molecular formula is C15H23N3O2. The van der Waals surface area contributed by atoms with Crippen molar-refractivity contribution in [3.63, 3.8) is 0 Å². The fourth-order valence-electron chi connectivity index (χ4n) is 2.14. The molecule has 0 bridgehead atoms. The molecule has 5 heteroatoms. The van der Waals surface area contributed by atoms with E-state index in [2.05, 4.69) is 19.0 Å². The van der Waals surface area contributed by atoms with Crippen LogP contribution >= 0.6 is 0 Å². The topological polar surface area (TPSA) is 78.9 Å². The van der Waals surface area contributed by atoms with Crippen LogP contribution in [-0.2, 0) is 4.79 Å². The van der Waals surface area contributed by atoms with Crippen LogP contribution in [0.25, 0.3) is 0 Å². The number of hydrogen-bond acceptors (Lipinski definition) is 3. The molecule has 0 heterocycles. The third-order valence-electron chi connectivity index (χ3n) is 3.07. The van der Waals surface area contributed by atoms with Crippen LogP contribution in [0.3, 0.4) is 0 Å². The molecule has 0 spiro atoms. The molecule has 0 aromatic heterocycles. The van der Waals surface area contributed by atoms with Crippen LogP contribution in [0, 0.1) is 5.92 Å². The van der Waals surface area contributed by atoms with Gasteiger partial charge in [-0.1, -0.05) is 49.3 Å². The summed E-state index contributed by atoms with van der Waals surface area (Å²) in [7, 11) is 0. The number of hydrogen-bond donors (Lipinski definition) is 2. The monoisotopic (exact) mass is 277 g/mol. The average molecular weight is 277 g/mol. The molecule has 110 valence electrons. The van der Waals surface area contributed by atoms with E-state index in [-0.39, 0.29) is 11.7 Å². The molecule has 1 aromatic carbocycles. The first-order valence-electron chi connectivity index (χ1n) is 6.82. The van der Waals surface area contributed by atoms with Gasteiger partial charge in [0.05, 0.1) is 0 Å². The van der Waals surface area contributed by atoms with E-state index in [1.54, 1.807) is 4.90 Å². The van der Waals surface area contributed by atoms with Crippen molar-refractivity contribution >= 4 is 11.7 Å². The number of amides is 1. The van der Waals surface area contributed by atoms with Crippen molar-refractivity contribution in [1.82, 2.24) is 4.90 Å². The molecule has 1 atom stereocenters. The molecule has 1 unspecified atom stereocenters. The molecule has 1 rings (SSSR count). The second-order valence-electron chi connectivity index (χ2n) is 5.14. The number of oxime groups is 1. The Hall–Kier alpha value is -2.04. The van der Waals surface area contributed by atoms with Crippen molar-refractivity contribution in [1.29, 1.82) is 0 Å². The SMILES string of the molecule is CCN(CC(C)C)C(=O)C(C(N)=NO)c1ccccc1. The summed E-state index contributed by atoms with van der Waals surface area (Å²) in [5, 5.41) is 12.0. The number of amidine groups is 1. The maximum atomic E-state index is 12.7. The minimum absolute atomic E-state index is 0.0802. The molecule has 5 nitrogen and oxygen atoms in total. The Labute approximate surface area is 120 Å². The van der Waals surface area contributed by atoms with Gasteiger partial charge in [0, 0.05) is 13.1 Å². The van der Waals surface area contributed by atoms with Crippen molar-refractivity contribution < 1.29 is 10.0 Å². The Kier molecular flexibility index (Phi) is 6.03. The summed E-state index contributed by atoms with van der Waals surface area (Å²) in [4.78, 5) is 14.4. The zero-order valence-corrected chi connectivity index (χ0v) is 12.3. The maximum absolute atomic E-state index is 12.7. The van der Waals surface area contributed by atoms with Gasteiger partial charge in [0.15, 0.2) is 5.84 Å². The smallest absolute Gasteiger partial charge is 0.237 e. The third-order valence-corrected chi connectivity index (χ3v) is 3.07. The van der Waals surface area contributed by atoms with Crippen molar-refractivity contribution in [2.75, 3.05) is 13.1 Å². The molecule has 20 heavy (non-hydrogen) atoms. The largest absolute Gasteiger partial charge is 0.409 e. The van der Waals surface area contributed by atoms with Crippen molar-refractivity contribution in [3.8, 4) is 0 Å². The number of likely N-dealkylation sites (N-methyl/N-ethyl adjacent to an activating group) is 1. The van der Waals surface area contributed by atoms with Gasteiger partial charge in [-0.15, -0.1) is 0 Å². The van der Waals surface area contributed by atoms with Gasteiger partial charge in [-0.2, -0.15) is 0 Å². The van der Waals surface area contributed by atoms with Gasteiger partial charge in [-0.3, -0.25) is 4.79 Å². The van der Waals surface area contributed by atoms with E-state index < -0.39 is 5.92 Å². The van der Waals surface area contributed by atoms with Crippen molar-refractivity contribution in [2.24, 2.45) is 16.8 Å². The first-order valence-corrected chi connectivity index (χ1v) is 6.82. The molecule has 3 N–H and O–H groups in total. The lowest BCUT2D eigenvalue weighted by atomic mass is 9.96. The highest BCUT2D eigenvalue weighted by Gasteiger charge is 2.29. The second kappa shape index (κ2) is 7.53. The highest BCUT2D eigenvalue weighted by atomic mass is 16.4. The van der Waals surface area contributed by atoms with E-state index in [9.17, 15) is 4.79 Å². The van der Waals surface area contributed by atoms with E-state index in [0.717, 1.165) is 5.56 Å². The number of nitrogens with zero attached hydrogens (tertiary/aromatic N) is 2. The molecule has 0 saturated carbocycles. The van der Waals surface area contributed by atoms with Gasteiger partial charge in [-0.25, -0.2) is 0 Å². The normalized spacial score (nSPS) is 13.3. The molecule has 0 fully saturated rings. The molecule has 1 amide bonds. The second-order valence-corrected chi connectivity index (χ2v) is 5.14. The summed E-state index contributed by atoms with van der Waals surface area (Å²) < 4.78 is 0. The van der Waals surface area contributed by atoms with Gasteiger partial charge in [0.25, 0.3) is 0 Å². The van der Waals surface area contributed by atoms with Gasteiger partial charge in [0.2, 0.25) is 5.91 Å². The summed E-state index contributed by atoms with van der Waals surface area (Å²) in [6.07, 6.45) is 0. The summed E-state index contributed by atoms with van der Waals surface area (Å²) in [5.41, 5.74) is 6.46. The first kappa shape index (κ1) is 16.0. The van der Waals surface area contributed by atoms with Crippen LogP contribution in [0.15, 0.2) is 35.5 Å². The molecule has 0 saturated heterocycles. The fourth-order valence-corrected chi connectivity index (χ4v) is 2.14. The van der Waals surface area contributed by atoms with Crippen LogP contribution in [0.1, 0.15) is 32.3 Å². The van der Waals surface area contributed by atoms with Gasteiger partial charge in [-0.05, 0) is 18.4 Å². The highest BCUT2D eigenvalue weighted by molar-refractivity contribution is 6.07. The Bertz CT molecular complexity index is 457. The summed E-state index contributed by atoms with van der Waals surface area (Å²) in [5.74, 6) is -0.589. The van der Waals surface area contributed by atoms with Crippen LogP contribution in [-0.4, -0.2) is 34.9 Å².